The topological polar surface area (TPSA) is 71.8 Å². The van der Waals surface area contributed by atoms with Crippen LogP contribution in [0.1, 0.15) is 32.1 Å². The number of halogens is 4. The maximum Gasteiger partial charge on any atom is 0.393 e. The molecule has 174 valence electrons. The Labute approximate surface area is 181 Å². The molecule has 4 rings (SSSR count). The van der Waals surface area contributed by atoms with E-state index in [0.29, 0.717) is 45.1 Å². The molecule has 4 N–H and O–H groups in total. The fourth-order valence-electron chi connectivity index (χ4n) is 5.45. The third-order valence-corrected chi connectivity index (χ3v) is 7.76. The van der Waals surface area contributed by atoms with Crippen LogP contribution < -0.4 is 16.4 Å². The SMILES string of the molecule is NCC1CCN(C2NC(C3CCC(Cl)C(C(F)(F)F)C3)NCC2OC2CCOC2)C1. The van der Waals surface area contributed by atoms with E-state index in [0.717, 1.165) is 25.9 Å². The van der Waals surface area contributed by atoms with Gasteiger partial charge < -0.3 is 15.2 Å². The van der Waals surface area contributed by atoms with E-state index < -0.39 is 17.5 Å². The van der Waals surface area contributed by atoms with E-state index >= 15 is 0 Å². The van der Waals surface area contributed by atoms with Gasteiger partial charge in [-0.15, -0.1) is 11.6 Å². The van der Waals surface area contributed by atoms with Gasteiger partial charge in [0, 0.05) is 31.6 Å². The van der Waals surface area contributed by atoms with Gasteiger partial charge in [0.25, 0.3) is 0 Å². The second-order valence-electron chi connectivity index (χ2n) is 9.28. The van der Waals surface area contributed by atoms with Gasteiger partial charge >= 0.3 is 6.18 Å². The Morgan fingerprint density at radius 2 is 2.03 bits per heavy atom. The molecule has 10 heteroatoms. The number of likely N-dealkylation sites (tertiary alicyclic amines) is 1. The summed E-state index contributed by atoms with van der Waals surface area (Å²) in [5.41, 5.74) is 5.88. The number of hydrogen-bond acceptors (Lipinski definition) is 6. The third kappa shape index (κ3) is 5.24. The molecule has 1 saturated carbocycles. The number of alkyl halides is 4. The lowest BCUT2D eigenvalue weighted by atomic mass is 9.78. The van der Waals surface area contributed by atoms with Crippen LogP contribution in [0.15, 0.2) is 0 Å². The standard InChI is InChI=1S/C20H34ClF3N4O2/c21-16-2-1-13(7-15(16)20(22,23)24)18-26-9-17(30-14-4-6-29-11-14)19(27-18)28-5-3-12(8-25)10-28/h12-19,26-27H,1-11,25H2. The van der Waals surface area contributed by atoms with Crippen LogP contribution in [0.3, 0.4) is 0 Å². The van der Waals surface area contributed by atoms with Crippen molar-refractivity contribution >= 4 is 11.6 Å². The predicted octanol–water partition coefficient (Wildman–Crippen LogP) is 1.87. The summed E-state index contributed by atoms with van der Waals surface area (Å²) in [6.45, 7) is 4.39. The Morgan fingerprint density at radius 3 is 2.70 bits per heavy atom. The molecule has 8 unspecified atom stereocenters. The van der Waals surface area contributed by atoms with Gasteiger partial charge in [0.1, 0.15) is 0 Å². The van der Waals surface area contributed by atoms with Crippen molar-refractivity contribution < 1.29 is 22.6 Å². The molecule has 8 atom stereocenters. The van der Waals surface area contributed by atoms with Gasteiger partial charge in [-0.25, -0.2) is 0 Å². The molecule has 0 aromatic heterocycles. The lowest BCUT2D eigenvalue weighted by Gasteiger charge is -2.47. The van der Waals surface area contributed by atoms with Crippen LogP contribution >= 0.6 is 11.6 Å². The number of ether oxygens (including phenoxy) is 2. The summed E-state index contributed by atoms with van der Waals surface area (Å²) in [5.74, 6) is -1.10. The highest BCUT2D eigenvalue weighted by Gasteiger charge is 2.49. The largest absolute Gasteiger partial charge is 0.393 e. The number of nitrogens with zero attached hydrogens (tertiary/aromatic N) is 1. The molecule has 0 radical (unpaired) electrons. The molecular formula is C20H34ClF3N4O2. The summed E-state index contributed by atoms with van der Waals surface area (Å²) in [6, 6.07) is 0. The van der Waals surface area contributed by atoms with Crippen LogP contribution in [-0.4, -0.2) is 80.4 Å². The van der Waals surface area contributed by atoms with Crippen molar-refractivity contribution in [2.45, 2.75) is 68.2 Å². The summed E-state index contributed by atoms with van der Waals surface area (Å²) >= 11 is 6.04. The van der Waals surface area contributed by atoms with Gasteiger partial charge in [-0.2, -0.15) is 13.2 Å². The third-order valence-electron chi connectivity index (χ3n) is 7.24. The molecule has 4 fully saturated rings. The summed E-state index contributed by atoms with van der Waals surface area (Å²) in [7, 11) is 0. The first kappa shape index (κ1) is 23.0. The van der Waals surface area contributed by atoms with Gasteiger partial charge in [0.2, 0.25) is 0 Å². The Hall–Kier alpha value is -0.160. The molecular weight excluding hydrogens is 421 g/mol. The van der Waals surface area contributed by atoms with Crippen LogP contribution in [0, 0.1) is 17.8 Å². The molecule has 3 saturated heterocycles. The van der Waals surface area contributed by atoms with Crippen molar-refractivity contribution in [3.8, 4) is 0 Å². The summed E-state index contributed by atoms with van der Waals surface area (Å²) in [4.78, 5) is 2.36. The lowest BCUT2D eigenvalue weighted by molar-refractivity contribution is -0.186. The zero-order valence-corrected chi connectivity index (χ0v) is 18.0. The maximum atomic E-state index is 13.4. The molecule has 4 aliphatic rings. The van der Waals surface area contributed by atoms with Crippen molar-refractivity contribution in [1.29, 1.82) is 0 Å². The molecule has 0 amide bonds. The second kappa shape index (κ2) is 9.77. The molecule has 6 nitrogen and oxygen atoms in total. The minimum atomic E-state index is -4.25. The number of rotatable bonds is 5. The zero-order valence-electron chi connectivity index (χ0n) is 17.2. The van der Waals surface area contributed by atoms with Crippen LogP contribution in [0.4, 0.5) is 13.2 Å². The average molecular weight is 455 g/mol. The van der Waals surface area contributed by atoms with Gasteiger partial charge in [0.05, 0.1) is 37.1 Å². The molecule has 0 aromatic rings. The molecule has 1 aliphatic carbocycles. The Bertz CT molecular complexity index is 567. The van der Waals surface area contributed by atoms with E-state index in [1.54, 1.807) is 0 Å². The van der Waals surface area contributed by atoms with E-state index in [1.165, 1.54) is 0 Å². The Balaban J connectivity index is 1.43. The normalized spacial score (nSPS) is 43.9. The van der Waals surface area contributed by atoms with E-state index in [1.807, 2.05) is 0 Å². The first-order valence-corrected chi connectivity index (χ1v) is 11.7. The van der Waals surface area contributed by atoms with Crippen LogP contribution in [0.25, 0.3) is 0 Å². The van der Waals surface area contributed by atoms with E-state index in [2.05, 4.69) is 15.5 Å². The quantitative estimate of drug-likeness (QED) is 0.551. The Kier molecular flexibility index (Phi) is 7.49. The second-order valence-corrected chi connectivity index (χ2v) is 9.84. The first-order chi connectivity index (χ1) is 14.3. The van der Waals surface area contributed by atoms with Crippen LogP contribution in [-0.2, 0) is 9.47 Å². The highest BCUT2D eigenvalue weighted by atomic mass is 35.5. The first-order valence-electron chi connectivity index (χ1n) is 11.2. The van der Waals surface area contributed by atoms with Crippen molar-refractivity contribution in [3.05, 3.63) is 0 Å². The summed E-state index contributed by atoms with van der Waals surface area (Å²) in [6.07, 6.45) is -1.42. The van der Waals surface area contributed by atoms with Gasteiger partial charge in [0.15, 0.2) is 0 Å². The van der Waals surface area contributed by atoms with Gasteiger partial charge in [-0.3, -0.25) is 15.5 Å². The number of hydrogen-bond donors (Lipinski definition) is 3. The maximum absolute atomic E-state index is 13.4. The van der Waals surface area contributed by atoms with Crippen molar-refractivity contribution in [3.63, 3.8) is 0 Å². The summed E-state index contributed by atoms with van der Waals surface area (Å²) in [5, 5.41) is 6.23. The zero-order chi connectivity index (χ0) is 21.3. The highest BCUT2D eigenvalue weighted by Crippen LogP contribution is 2.43. The van der Waals surface area contributed by atoms with Crippen molar-refractivity contribution in [2.24, 2.45) is 23.5 Å². The number of nitrogens with two attached hydrogens (primary N) is 1. The molecule has 3 aliphatic heterocycles. The van der Waals surface area contributed by atoms with E-state index in [9.17, 15) is 13.2 Å². The number of nitrogens with one attached hydrogen (secondary N) is 2. The molecule has 0 aromatic carbocycles. The van der Waals surface area contributed by atoms with Crippen LogP contribution in [0.5, 0.6) is 0 Å². The lowest BCUT2D eigenvalue weighted by Crippen LogP contribution is -2.69. The molecule has 3 heterocycles. The highest BCUT2D eigenvalue weighted by molar-refractivity contribution is 6.20. The Morgan fingerprint density at radius 1 is 1.20 bits per heavy atom. The van der Waals surface area contributed by atoms with Crippen molar-refractivity contribution in [2.75, 3.05) is 39.4 Å². The van der Waals surface area contributed by atoms with E-state index in [-0.39, 0.29) is 36.9 Å². The fraction of sp³-hybridized carbons (Fsp3) is 1.00. The van der Waals surface area contributed by atoms with Crippen LogP contribution in [0.2, 0.25) is 0 Å². The minimum Gasteiger partial charge on any atom is -0.379 e. The monoisotopic (exact) mass is 454 g/mol. The van der Waals surface area contributed by atoms with Crippen molar-refractivity contribution in [1.82, 2.24) is 15.5 Å². The van der Waals surface area contributed by atoms with E-state index in [4.69, 9.17) is 26.8 Å². The average Bonchev–Trinajstić information content (AvgIpc) is 3.40. The van der Waals surface area contributed by atoms with Gasteiger partial charge in [-0.1, -0.05) is 0 Å². The minimum absolute atomic E-state index is 0.0357. The predicted molar refractivity (Wildman–Crippen MR) is 108 cm³/mol. The molecule has 0 spiro atoms. The molecule has 0 bridgehead atoms. The fourth-order valence-corrected chi connectivity index (χ4v) is 5.83. The molecule has 30 heavy (non-hydrogen) atoms. The smallest absolute Gasteiger partial charge is 0.379 e. The summed E-state index contributed by atoms with van der Waals surface area (Å²) < 4.78 is 52.1. The van der Waals surface area contributed by atoms with Gasteiger partial charge in [-0.05, 0) is 50.5 Å².